The number of aromatic nitrogens is 2. The summed E-state index contributed by atoms with van der Waals surface area (Å²) in [4.78, 5) is 11.1. The highest BCUT2D eigenvalue weighted by Crippen LogP contribution is 2.03. The maximum atomic E-state index is 11.1. The van der Waals surface area contributed by atoms with Crippen molar-refractivity contribution in [2.24, 2.45) is 0 Å². The highest BCUT2D eigenvalue weighted by Gasteiger charge is 2.01. The number of halogens is 1. The molecule has 1 amide bonds. The van der Waals surface area contributed by atoms with Crippen LogP contribution in [0, 0.1) is 12.3 Å². The second-order valence-corrected chi connectivity index (χ2v) is 2.77. The first-order chi connectivity index (χ1) is 6.22. The number of hydrogen-bond donors (Lipinski definition) is 1. The van der Waals surface area contributed by atoms with Gasteiger partial charge in [0.1, 0.15) is 6.54 Å². The molecule has 0 aliphatic carbocycles. The first kappa shape index (κ1) is 9.62. The summed E-state index contributed by atoms with van der Waals surface area (Å²) in [5.41, 5.74) is 0. The van der Waals surface area contributed by atoms with Gasteiger partial charge in [-0.1, -0.05) is 17.5 Å². The largest absolute Gasteiger partial charge is 0.344 e. The Balaban J connectivity index is 2.41. The van der Waals surface area contributed by atoms with Gasteiger partial charge in [-0.3, -0.25) is 9.48 Å². The Morgan fingerprint density at radius 2 is 2.62 bits per heavy atom. The van der Waals surface area contributed by atoms with E-state index in [0.29, 0.717) is 5.02 Å². The van der Waals surface area contributed by atoms with Crippen molar-refractivity contribution in [2.75, 3.05) is 6.54 Å². The van der Waals surface area contributed by atoms with Crippen LogP contribution in [-0.2, 0) is 11.3 Å². The van der Waals surface area contributed by atoms with E-state index in [1.165, 1.54) is 10.9 Å². The molecule has 13 heavy (non-hydrogen) atoms. The number of amides is 1. The summed E-state index contributed by atoms with van der Waals surface area (Å²) >= 11 is 5.60. The first-order valence-electron chi connectivity index (χ1n) is 3.60. The van der Waals surface area contributed by atoms with Crippen LogP contribution in [-0.4, -0.2) is 22.2 Å². The van der Waals surface area contributed by atoms with E-state index in [2.05, 4.69) is 16.3 Å². The van der Waals surface area contributed by atoms with Gasteiger partial charge in [-0.05, 0) is 0 Å². The summed E-state index contributed by atoms with van der Waals surface area (Å²) in [6.45, 7) is 0.363. The molecule has 0 saturated carbocycles. The summed E-state index contributed by atoms with van der Waals surface area (Å²) in [5, 5.41) is 6.85. The lowest BCUT2D eigenvalue weighted by atomic mass is 10.5. The van der Waals surface area contributed by atoms with E-state index >= 15 is 0 Å². The number of nitrogens with one attached hydrogen (secondary N) is 1. The molecule has 1 N–H and O–H groups in total. The maximum Gasteiger partial charge on any atom is 0.242 e. The first-order valence-corrected chi connectivity index (χ1v) is 3.98. The second-order valence-electron chi connectivity index (χ2n) is 2.34. The number of terminal acetylenes is 1. The molecular formula is C8H8ClN3O. The van der Waals surface area contributed by atoms with Gasteiger partial charge in [-0.25, -0.2) is 0 Å². The van der Waals surface area contributed by atoms with Crippen LogP contribution in [0.5, 0.6) is 0 Å². The normalized spacial score (nSPS) is 9.23. The quantitative estimate of drug-likeness (QED) is 0.708. The minimum Gasteiger partial charge on any atom is -0.344 e. The summed E-state index contributed by atoms with van der Waals surface area (Å²) in [6.07, 6.45) is 8.00. The average molecular weight is 198 g/mol. The third-order valence-corrected chi connectivity index (χ3v) is 1.49. The third kappa shape index (κ3) is 3.18. The highest BCUT2D eigenvalue weighted by molar-refractivity contribution is 6.30. The predicted octanol–water partition coefficient (Wildman–Crippen LogP) is 0.286. The topological polar surface area (TPSA) is 46.9 Å². The van der Waals surface area contributed by atoms with Crippen molar-refractivity contribution in [1.29, 1.82) is 0 Å². The fourth-order valence-electron chi connectivity index (χ4n) is 0.777. The summed E-state index contributed by atoms with van der Waals surface area (Å²) in [5.74, 6) is 2.12. The van der Waals surface area contributed by atoms with Crippen LogP contribution in [0.3, 0.4) is 0 Å². The van der Waals surface area contributed by atoms with Crippen molar-refractivity contribution in [3.63, 3.8) is 0 Å². The van der Waals surface area contributed by atoms with E-state index in [1.54, 1.807) is 6.20 Å². The molecule has 0 aromatic carbocycles. The third-order valence-electron chi connectivity index (χ3n) is 1.29. The molecule has 0 aliphatic rings. The van der Waals surface area contributed by atoms with Gasteiger partial charge in [0.05, 0.1) is 17.8 Å². The number of hydrogen-bond acceptors (Lipinski definition) is 2. The Labute approximate surface area is 80.9 Å². The zero-order valence-electron chi connectivity index (χ0n) is 6.83. The van der Waals surface area contributed by atoms with Crippen molar-refractivity contribution in [2.45, 2.75) is 6.54 Å². The van der Waals surface area contributed by atoms with Crippen molar-refractivity contribution in [3.8, 4) is 12.3 Å². The van der Waals surface area contributed by atoms with Gasteiger partial charge >= 0.3 is 0 Å². The lowest BCUT2D eigenvalue weighted by molar-refractivity contribution is -0.121. The summed E-state index contributed by atoms with van der Waals surface area (Å²) < 4.78 is 1.44. The lowest BCUT2D eigenvalue weighted by Crippen LogP contribution is -2.27. The Morgan fingerprint density at radius 3 is 3.15 bits per heavy atom. The van der Waals surface area contributed by atoms with Crippen LogP contribution in [0.4, 0.5) is 0 Å². The molecule has 0 unspecified atom stereocenters. The molecule has 0 spiro atoms. The zero-order chi connectivity index (χ0) is 9.68. The molecule has 0 aliphatic heterocycles. The van der Waals surface area contributed by atoms with Gasteiger partial charge in [-0.2, -0.15) is 5.10 Å². The molecule has 0 fully saturated rings. The van der Waals surface area contributed by atoms with Gasteiger partial charge in [0.2, 0.25) is 5.91 Å². The Morgan fingerprint density at radius 1 is 1.85 bits per heavy atom. The molecule has 5 heteroatoms. The van der Waals surface area contributed by atoms with E-state index in [9.17, 15) is 4.79 Å². The Kier molecular flexibility index (Phi) is 3.35. The maximum absolute atomic E-state index is 11.1. The number of rotatable bonds is 3. The fraction of sp³-hybridized carbons (Fsp3) is 0.250. The molecule has 0 atom stereocenters. The molecule has 1 rings (SSSR count). The molecule has 4 nitrogen and oxygen atoms in total. The Bertz CT molecular complexity index is 339. The smallest absolute Gasteiger partial charge is 0.242 e. The minimum absolute atomic E-state index is 0.133. The molecule has 1 aromatic heterocycles. The van der Waals surface area contributed by atoms with Crippen molar-refractivity contribution in [1.82, 2.24) is 15.1 Å². The minimum atomic E-state index is -0.183. The van der Waals surface area contributed by atoms with Gasteiger partial charge in [-0.15, -0.1) is 6.42 Å². The molecule has 0 bridgehead atoms. The second kappa shape index (κ2) is 4.53. The summed E-state index contributed by atoms with van der Waals surface area (Å²) in [6, 6.07) is 0. The standard InChI is InChI=1S/C8H8ClN3O/c1-2-3-10-8(13)6-12-5-7(9)4-11-12/h1,4-5H,3,6H2,(H,10,13). The number of carbonyl (C=O) groups excluding carboxylic acids is 1. The van der Waals surface area contributed by atoms with Crippen LogP contribution in [0.1, 0.15) is 0 Å². The van der Waals surface area contributed by atoms with E-state index in [-0.39, 0.29) is 19.0 Å². The lowest BCUT2D eigenvalue weighted by Gasteiger charge is -2.00. The predicted molar refractivity (Wildman–Crippen MR) is 49.1 cm³/mol. The van der Waals surface area contributed by atoms with Crippen molar-refractivity contribution >= 4 is 17.5 Å². The summed E-state index contributed by atoms with van der Waals surface area (Å²) in [7, 11) is 0. The molecule has 0 radical (unpaired) electrons. The van der Waals surface area contributed by atoms with Crippen LogP contribution in [0.15, 0.2) is 12.4 Å². The van der Waals surface area contributed by atoms with E-state index < -0.39 is 0 Å². The SMILES string of the molecule is C#CCNC(=O)Cn1cc(Cl)cn1. The fourth-order valence-corrected chi connectivity index (χ4v) is 0.934. The van der Waals surface area contributed by atoms with Gasteiger partial charge in [0.25, 0.3) is 0 Å². The molecule has 0 saturated heterocycles. The molecule has 1 heterocycles. The van der Waals surface area contributed by atoms with Crippen LogP contribution in [0.25, 0.3) is 0 Å². The number of carbonyl (C=O) groups is 1. The molecule has 68 valence electrons. The van der Waals surface area contributed by atoms with Gasteiger partial charge in [0.15, 0.2) is 0 Å². The Hall–Kier alpha value is -1.47. The zero-order valence-corrected chi connectivity index (χ0v) is 7.58. The molecular weight excluding hydrogens is 190 g/mol. The van der Waals surface area contributed by atoms with Crippen LogP contribution in [0.2, 0.25) is 5.02 Å². The average Bonchev–Trinajstić information content (AvgIpc) is 2.48. The van der Waals surface area contributed by atoms with Crippen molar-refractivity contribution in [3.05, 3.63) is 17.4 Å². The van der Waals surface area contributed by atoms with Crippen LogP contribution >= 0.6 is 11.6 Å². The van der Waals surface area contributed by atoms with E-state index in [1.807, 2.05) is 0 Å². The number of nitrogens with zero attached hydrogens (tertiary/aromatic N) is 2. The van der Waals surface area contributed by atoms with Gasteiger partial charge < -0.3 is 5.32 Å². The molecule has 1 aromatic rings. The monoisotopic (exact) mass is 197 g/mol. The van der Waals surface area contributed by atoms with E-state index in [0.717, 1.165) is 0 Å². The van der Waals surface area contributed by atoms with Crippen molar-refractivity contribution < 1.29 is 4.79 Å². The highest BCUT2D eigenvalue weighted by atomic mass is 35.5. The van der Waals surface area contributed by atoms with E-state index in [4.69, 9.17) is 18.0 Å². The van der Waals surface area contributed by atoms with Crippen LogP contribution < -0.4 is 5.32 Å². The van der Waals surface area contributed by atoms with Gasteiger partial charge in [0, 0.05) is 6.20 Å².